The number of alkyl halides is 2. The maximum absolute atomic E-state index is 12.7. The van der Waals surface area contributed by atoms with Crippen LogP contribution in [0.2, 0.25) is 0 Å². The van der Waals surface area contributed by atoms with Gasteiger partial charge in [-0.3, -0.25) is 0 Å². The molecule has 1 nitrogen and oxygen atoms in total. The van der Waals surface area contributed by atoms with Gasteiger partial charge >= 0.3 is 0 Å². The van der Waals surface area contributed by atoms with Crippen molar-refractivity contribution in [1.82, 2.24) is 5.32 Å². The first-order valence-electron chi connectivity index (χ1n) is 6.39. The van der Waals surface area contributed by atoms with Gasteiger partial charge in [-0.15, -0.1) is 0 Å². The van der Waals surface area contributed by atoms with Gasteiger partial charge in [-0.05, 0) is 24.3 Å². The molecule has 0 aromatic heterocycles. The quantitative estimate of drug-likeness (QED) is 0.822. The summed E-state index contributed by atoms with van der Waals surface area (Å²) in [6.07, 6.45) is -1.51. The Morgan fingerprint density at radius 2 is 1.67 bits per heavy atom. The average molecular weight is 255 g/mol. The molecule has 0 fully saturated rings. The van der Waals surface area contributed by atoms with Crippen molar-refractivity contribution in [2.24, 2.45) is 5.41 Å². The van der Waals surface area contributed by atoms with E-state index < -0.39 is 12.5 Å². The van der Waals surface area contributed by atoms with E-state index in [1.54, 1.807) is 0 Å². The van der Waals surface area contributed by atoms with Crippen LogP contribution in [0.15, 0.2) is 30.3 Å². The van der Waals surface area contributed by atoms with Crippen LogP contribution >= 0.6 is 0 Å². The number of rotatable bonds is 5. The van der Waals surface area contributed by atoms with Gasteiger partial charge in [0, 0.05) is 6.04 Å². The minimum absolute atomic E-state index is 0.0322. The number of hydrogen-bond donors (Lipinski definition) is 1. The summed E-state index contributed by atoms with van der Waals surface area (Å²) < 4.78 is 25.3. The monoisotopic (exact) mass is 255 g/mol. The van der Waals surface area contributed by atoms with Gasteiger partial charge in [0.25, 0.3) is 6.43 Å². The fraction of sp³-hybridized carbons (Fsp3) is 0.600. The number of halogens is 2. The van der Waals surface area contributed by atoms with Crippen LogP contribution in [-0.2, 0) is 0 Å². The van der Waals surface area contributed by atoms with Crippen LogP contribution < -0.4 is 5.32 Å². The molecule has 0 heterocycles. The van der Waals surface area contributed by atoms with E-state index in [0.29, 0.717) is 0 Å². The minimum atomic E-state index is -2.34. The molecule has 18 heavy (non-hydrogen) atoms. The lowest BCUT2D eigenvalue weighted by Crippen LogP contribution is -2.37. The molecular formula is C15H23F2N. The van der Waals surface area contributed by atoms with Gasteiger partial charge in [0.15, 0.2) is 0 Å². The third-order valence-electron chi connectivity index (χ3n) is 2.86. The number of benzene rings is 1. The Bertz CT molecular complexity index is 343. The van der Waals surface area contributed by atoms with E-state index in [-0.39, 0.29) is 11.5 Å². The maximum Gasteiger partial charge on any atom is 0.253 e. The van der Waals surface area contributed by atoms with Gasteiger partial charge in [0.2, 0.25) is 0 Å². The molecule has 1 aromatic rings. The standard InChI is InChI=1S/C15H23F2N/c1-11(14(16)17)18-13(10-15(2,3)4)12-8-6-5-7-9-12/h5-9,11,13-14,18H,10H2,1-4H3. The molecule has 2 atom stereocenters. The molecule has 0 aliphatic carbocycles. The molecule has 0 radical (unpaired) electrons. The predicted octanol–water partition coefficient (Wildman–Crippen LogP) is 4.41. The Hall–Kier alpha value is -0.960. The van der Waals surface area contributed by atoms with Gasteiger partial charge in [0.05, 0.1) is 6.04 Å². The Morgan fingerprint density at radius 3 is 2.11 bits per heavy atom. The Balaban J connectivity index is 2.82. The zero-order valence-electron chi connectivity index (χ0n) is 11.6. The van der Waals surface area contributed by atoms with Gasteiger partial charge in [-0.2, -0.15) is 0 Å². The third-order valence-corrected chi connectivity index (χ3v) is 2.86. The topological polar surface area (TPSA) is 12.0 Å². The smallest absolute Gasteiger partial charge is 0.253 e. The molecule has 102 valence electrons. The molecular weight excluding hydrogens is 232 g/mol. The maximum atomic E-state index is 12.7. The van der Waals surface area contributed by atoms with Crippen LogP contribution in [-0.4, -0.2) is 12.5 Å². The van der Waals surface area contributed by atoms with Crippen molar-refractivity contribution in [2.45, 2.75) is 52.6 Å². The second-order valence-electron chi connectivity index (χ2n) is 6.02. The van der Waals surface area contributed by atoms with Crippen molar-refractivity contribution in [2.75, 3.05) is 0 Å². The molecule has 0 aliphatic rings. The van der Waals surface area contributed by atoms with Crippen LogP contribution in [0.25, 0.3) is 0 Å². The minimum Gasteiger partial charge on any atom is -0.302 e. The number of hydrogen-bond acceptors (Lipinski definition) is 1. The molecule has 1 N–H and O–H groups in total. The average Bonchev–Trinajstić information content (AvgIpc) is 2.27. The summed E-state index contributed by atoms with van der Waals surface area (Å²) >= 11 is 0. The lowest BCUT2D eigenvalue weighted by Gasteiger charge is -2.29. The molecule has 1 aromatic carbocycles. The van der Waals surface area contributed by atoms with E-state index in [4.69, 9.17) is 0 Å². The summed E-state index contributed by atoms with van der Waals surface area (Å²) in [5.74, 6) is 0. The van der Waals surface area contributed by atoms with E-state index in [0.717, 1.165) is 12.0 Å². The highest BCUT2D eigenvalue weighted by molar-refractivity contribution is 5.19. The largest absolute Gasteiger partial charge is 0.302 e. The summed E-state index contributed by atoms with van der Waals surface area (Å²) in [5.41, 5.74) is 1.16. The predicted molar refractivity (Wildman–Crippen MR) is 71.9 cm³/mol. The zero-order valence-corrected chi connectivity index (χ0v) is 11.6. The van der Waals surface area contributed by atoms with Crippen molar-refractivity contribution >= 4 is 0 Å². The molecule has 0 bridgehead atoms. The van der Waals surface area contributed by atoms with E-state index in [1.165, 1.54) is 6.92 Å². The highest BCUT2D eigenvalue weighted by atomic mass is 19.3. The zero-order chi connectivity index (χ0) is 13.8. The lowest BCUT2D eigenvalue weighted by atomic mass is 9.85. The molecule has 0 saturated heterocycles. The first-order chi connectivity index (χ1) is 8.29. The van der Waals surface area contributed by atoms with Gasteiger partial charge in [-0.1, -0.05) is 51.1 Å². The van der Waals surface area contributed by atoms with Crippen LogP contribution in [0.1, 0.15) is 45.7 Å². The normalized spacial score (nSPS) is 15.7. The van der Waals surface area contributed by atoms with Crippen molar-refractivity contribution in [3.8, 4) is 0 Å². The summed E-state index contributed by atoms with van der Waals surface area (Å²) in [7, 11) is 0. The Labute approximate surface area is 109 Å². The van der Waals surface area contributed by atoms with Crippen molar-refractivity contribution in [3.63, 3.8) is 0 Å². The SMILES string of the molecule is CC(NC(CC(C)(C)C)c1ccccc1)C(F)F. The molecule has 0 amide bonds. The Kier molecular flexibility index (Phi) is 5.27. The van der Waals surface area contributed by atoms with Crippen molar-refractivity contribution in [1.29, 1.82) is 0 Å². The highest BCUT2D eigenvalue weighted by Gasteiger charge is 2.24. The highest BCUT2D eigenvalue weighted by Crippen LogP contribution is 2.30. The van der Waals surface area contributed by atoms with Crippen LogP contribution in [0.3, 0.4) is 0 Å². The number of nitrogens with one attached hydrogen (secondary N) is 1. The summed E-state index contributed by atoms with van der Waals surface area (Å²) in [4.78, 5) is 0. The van der Waals surface area contributed by atoms with Crippen LogP contribution in [0.4, 0.5) is 8.78 Å². The fourth-order valence-electron chi connectivity index (χ4n) is 1.96. The first kappa shape index (κ1) is 15.1. The molecule has 0 aliphatic heterocycles. The van der Waals surface area contributed by atoms with Crippen molar-refractivity contribution in [3.05, 3.63) is 35.9 Å². The fourth-order valence-corrected chi connectivity index (χ4v) is 1.96. The summed E-state index contributed by atoms with van der Waals surface area (Å²) in [6, 6.07) is 8.98. The van der Waals surface area contributed by atoms with Gasteiger partial charge in [-0.25, -0.2) is 8.78 Å². The molecule has 0 saturated carbocycles. The first-order valence-corrected chi connectivity index (χ1v) is 6.39. The molecule has 2 unspecified atom stereocenters. The van der Waals surface area contributed by atoms with E-state index in [2.05, 4.69) is 26.1 Å². The third kappa shape index (κ3) is 5.13. The van der Waals surface area contributed by atoms with Gasteiger partial charge < -0.3 is 5.32 Å². The van der Waals surface area contributed by atoms with E-state index >= 15 is 0 Å². The summed E-state index contributed by atoms with van der Waals surface area (Å²) in [6.45, 7) is 7.90. The van der Waals surface area contributed by atoms with Crippen LogP contribution in [0, 0.1) is 5.41 Å². The lowest BCUT2D eigenvalue weighted by molar-refractivity contribution is 0.0956. The molecule has 1 rings (SSSR count). The van der Waals surface area contributed by atoms with E-state index in [9.17, 15) is 8.78 Å². The second-order valence-corrected chi connectivity index (χ2v) is 6.02. The van der Waals surface area contributed by atoms with E-state index in [1.807, 2.05) is 30.3 Å². The van der Waals surface area contributed by atoms with Crippen LogP contribution in [0.5, 0.6) is 0 Å². The summed E-state index contributed by atoms with van der Waals surface area (Å²) in [5, 5.41) is 3.04. The second kappa shape index (κ2) is 6.28. The Morgan fingerprint density at radius 1 is 1.11 bits per heavy atom. The van der Waals surface area contributed by atoms with Crippen molar-refractivity contribution < 1.29 is 8.78 Å². The molecule has 0 spiro atoms. The molecule has 3 heteroatoms. The van der Waals surface area contributed by atoms with Gasteiger partial charge in [0.1, 0.15) is 0 Å².